The number of hydrogen-bond acceptors (Lipinski definition) is 3. The SMILES string of the molecule is COCCN[C@@H](C)C(=O)N1CCCC1. The standard InChI is InChI=1S/C10H20N2O2/c1-9(11-5-8-14-2)10(13)12-6-3-4-7-12/h9,11H,3-8H2,1-2H3/t9-/m0/s1. The van der Waals surface area contributed by atoms with Crippen molar-refractivity contribution in [3.8, 4) is 0 Å². The van der Waals surface area contributed by atoms with Crippen LogP contribution < -0.4 is 5.32 Å². The first kappa shape index (κ1) is 11.5. The minimum absolute atomic E-state index is 0.0803. The zero-order chi connectivity index (χ0) is 10.4. The van der Waals surface area contributed by atoms with Crippen molar-refractivity contribution in [2.45, 2.75) is 25.8 Å². The number of ether oxygens (including phenoxy) is 1. The Morgan fingerprint density at radius 3 is 2.71 bits per heavy atom. The van der Waals surface area contributed by atoms with Gasteiger partial charge in [0.25, 0.3) is 0 Å². The molecule has 0 aromatic carbocycles. The zero-order valence-corrected chi connectivity index (χ0v) is 9.08. The van der Waals surface area contributed by atoms with E-state index in [1.54, 1.807) is 7.11 Å². The highest BCUT2D eigenvalue weighted by molar-refractivity contribution is 5.81. The summed E-state index contributed by atoms with van der Waals surface area (Å²) in [7, 11) is 1.66. The Balaban J connectivity index is 2.21. The van der Waals surface area contributed by atoms with E-state index in [1.165, 1.54) is 0 Å². The summed E-state index contributed by atoms with van der Waals surface area (Å²) in [6.45, 7) is 5.15. The Labute approximate surface area is 85.6 Å². The molecule has 0 spiro atoms. The maximum atomic E-state index is 11.8. The van der Waals surface area contributed by atoms with Crippen molar-refractivity contribution in [3.63, 3.8) is 0 Å². The predicted molar refractivity (Wildman–Crippen MR) is 55.2 cm³/mol. The molecule has 0 aromatic rings. The number of methoxy groups -OCH3 is 1. The molecule has 1 saturated heterocycles. The molecule has 1 aliphatic rings. The van der Waals surface area contributed by atoms with Crippen LogP contribution in [0.4, 0.5) is 0 Å². The van der Waals surface area contributed by atoms with Crippen LogP contribution in [0.1, 0.15) is 19.8 Å². The molecule has 82 valence electrons. The molecular formula is C10H20N2O2. The largest absolute Gasteiger partial charge is 0.383 e. The number of nitrogens with zero attached hydrogens (tertiary/aromatic N) is 1. The van der Waals surface area contributed by atoms with Gasteiger partial charge in [0.1, 0.15) is 0 Å². The second kappa shape index (κ2) is 5.98. The Bertz CT molecular complexity index is 179. The summed E-state index contributed by atoms with van der Waals surface area (Å²) in [5, 5.41) is 3.14. The third kappa shape index (κ3) is 3.27. The summed E-state index contributed by atoms with van der Waals surface area (Å²) < 4.78 is 4.91. The van der Waals surface area contributed by atoms with E-state index < -0.39 is 0 Å². The molecule has 1 heterocycles. The Kier molecular flexibility index (Phi) is 4.90. The molecule has 1 fully saturated rings. The van der Waals surface area contributed by atoms with Crippen LogP contribution in [0.25, 0.3) is 0 Å². The van der Waals surface area contributed by atoms with Crippen LogP contribution in [0, 0.1) is 0 Å². The lowest BCUT2D eigenvalue weighted by Crippen LogP contribution is -2.44. The molecule has 0 bridgehead atoms. The third-order valence-corrected chi connectivity index (χ3v) is 2.54. The second-order valence-electron chi connectivity index (χ2n) is 3.70. The maximum Gasteiger partial charge on any atom is 0.239 e. The molecule has 0 aliphatic carbocycles. The summed E-state index contributed by atoms with van der Waals surface area (Å²) in [5.74, 6) is 0.221. The number of carbonyl (C=O) groups excluding carboxylic acids is 1. The molecule has 4 heteroatoms. The van der Waals surface area contributed by atoms with Gasteiger partial charge in [0, 0.05) is 26.7 Å². The fourth-order valence-corrected chi connectivity index (χ4v) is 1.68. The number of likely N-dealkylation sites (tertiary alicyclic amines) is 1. The normalized spacial score (nSPS) is 18.6. The quantitative estimate of drug-likeness (QED) is 0.646. The van der Waals surface area contributed by atoms with Gasteiger partial charge in [0.2, 0.25) is 5.91 Å². The highest BCUT2D eigenvalue weighted by Gasteiger charge is 2.22. The average Bonchev–Trinajstić information content (AvgIpc) is 2.69. The highest BCUT2D eigenvalue weighted by atomic mass is 16.5. The van der Waals surface area contributed by atoms with Crippen LogP contribution in [0.5, 0.6) is 0 Å². The number of rotatable bonds is 5. The molecule has 0 saturated carbocycles. The summed E-state index contributed by atoms with van der Waals surface area (Å²) in [4.78, 5) is 13.7. The minimum Gasteiger partial charge on any atom is -0.383 e. The van der Waals surface area contributed by atoms with Crippen LogP contribution >= 0.6 is 0 Å². The summed E-state index contributed by atoms with van der Waals surface area (Å²) >= 11 is 0. The average molecular weight is 200 g/mol. The summed E-state index contributed by atoms with van der Waals surface area (Å²) in [6, 6.07) is -0.0803. The van der Waals surface area contributed by atoms with Gasteiger partial charge >= 0.3 is 0 Å². The molecule has 0 radical (unpaired) electrons. The lowest BCUT2D eigenvalue weighted by atomic mass is 10.3. The van der Waals surface area contributed by atoms with Crippen molar-refractivity contribution in [1.29, 1.82) is 0 Å². The summed E-state index contributed by atoms with van der Waals surface area (Å²) in [5.41, 5.74) is 0. The first-order chi connectivity index (χ1) is 6.75. The summed E-state index contributed by atoms with van der Waals surface area (Å²) in [6.07, 6.45) is 2.30. The van der Waals surface area contributed by atoms with Gasteiger partial charge in [0.15, 0.2) is 0 Å². The van der Waals surface area contributed by atoms with Gasteiger partial charge in [0.05, 0.1) is 12.6 Å². The number of nitrogens with one attached hydrogen (secondary N) is 1. The van der Waals surface area contributed by atoms with Gasteiger partial charge in [-0.2, -0.15) is 0 Å². The fourth-order valence-electron chi connectivity index (χ4n) is 1.68. The Morgan fingerprint density at radius 1 is 1.50 bits per heavy atom. The van der Waals surface area contributed by atoms with Crippen LogP contribution in [0.2, 0.25) is 0 Å². The van der Waals surface area contributed by atoms with Gasteiger partial charge in [-0.25, -0.2) is 0 Å². The van der Waals surface area contributed by atoms with Crippen LogP contribution in [-0.4, -0.2) is 50.2 Å². The molecule has 4 nitrogen and oxygen atoms in total. The van der Waals surface area contributed by atoms with Gasteiger partial charge < -0.3 is 15.0 Å². The van der Waals surface area contributed by atoms with E-state index >= 15 is 0 Å². The van der Waals surface area contributed by atoms with Gasteiger partial charge in [-0.05, 0) is 19.8 Å². The van der Waals surface area contributed by atoms with E-state index in [2.05, 4.69) is 5.32 Å². The van der Waals surface area contributed by atoms with Crippen LogP contribution in [0.3, 0.4) is 0 Å². The number of hydrogen-bond donors (Lipinski definition) is 1. The van der Waals surface area contributed by atoms with Crippen LogP contribution in [-0.2, 0) is 9.53 Å². The van der Waals surface area contributed by atoms with Crippen molar-refractivity contribution in [2.75, 3.05) is 33.4 Å². The lowest BCUT2D eigenvalue weighted by Gasteiger charge is -2.20. The van der Waals surface area contributed by atoms with Gasteiger partial charge in [-0.15, -0.1) is 0 Å². The van der Waals surface area contributed by atoms with Crippen molar-refractivity contribution < 1.29 is 9.53 Å². The van der Waals surface area contributed by atoms with Gasteiger partial charge in [-0.1, -0.05) is 0 Å². The number of carbonyl (C=O) groups is 1. The zero-order valence-electron chi connectivity index (χ0n) is 9.08. The molecular weight excluding hydrogens is 180 g/mol. The van der Waals surface area contributed by atoms with E-state index in [-0.39, 0.29) is 11.9 Å². The highest BCUT2D eigenvalue weighted by Crippen LogP contribution is 2.08. The van der Waals surface area contributed by atoms with Crippen molar-refractivity contribution in [1.82, 2.24) is 10.2 Å². The molecule has 1 amide bonds. The predicted octanol–water partition coefficient (Wildman–Crippen LogP) is 0.233. The molecule has 1 rings (SSSR count). The third-order valence-electron chi connectivity index (χ3n) is 2.54. The smallest absolute Gasteiger partial charge is 0.239 e. The topological polar surface area (TPSA) is 41.6 Å². The lowest BCUT2D eigenvalue weighted by molar-refractivity contribution is -0.131. The second-order valence-corrected chi connectivity index (χ2v) is 3.70. The molecule has 14 heavy (non-hydrogen) atoms. The van der Waals surface area contributed by atoms with Crippen LogP contribution in [0.15, 0.2) is 0 Å². The van der Waals surface area contributed by atoms with Crippen molar-refractivity contribution >= 4 is 5.91 Å². The first-order valence-electron chi connectivity index (χ1n) is 5.27. The minimum atomic E-state index is -0.0803. The van der Waals surface area contributed by atoms with Crippen molar-refractivity contribution in [2.24, 2.45) is 0 Å². The van der Waals surface area contributed by atoms with Gasteiger partial charge in [-0.3, -0.25) is 4.79 Å². The Hall–Kier alpha value is -0.610. The first-order valence-corrected chi connectivity index (χ1v) is 5.27. The molecule has 0 unspecified atom stereocenters. The maximum absolute atomic E-state index is 11.8. The van der Waals surface area contributed by atoms with E-state index in [0.29, 0.717) is 6.61 Å². The Morgan fingerprint density at radius 2 is 2.14 bits per heavy atom. The number of amides is 1. The van der Waals surface area contributed by atoms with Crippen molar-refractivity contribution in [3.05, 3.63) is 0 Å². The molecule has 1 N–H and O–H groups in total. The van der Waals surface area contributed by atoms with E-state index in [4.69, 9.17) is 4.74 Å². The fraction of sp³-hybridized carbons (Fsp3) is 0.900. The molecule has 0 aromatic heterocycles. The van der Waals surface area contributed by atoms with E-state index in [1.807, 2.05) is 11.8 Å². The molecule has 1 aliphatic heterocycles. The van der Waals surface area contributed by atoms with E-state index in [0.717, 1.165) is 32.5 Å². The van der Waals surface area contributed by atoms with E-state index in [9.17, 15) is 4.79 Å². The monoisotopic (exact) mass is 200 g/mol. The molecule has 1 atom stereocenters.